The maximum absolute atomic E-state index is 12.6. The third kappa shape index (κ3) is 2.83. The molecule has 2 aliphatic heterocycles. The summed E-state index contributed by atoms with van der Waals surface area (Å²) in [6.07, 6.45) is 3.38. The number of thiophene rings is 1. The second-order valence-electron chi connectivity index (χ2n) is 5.36. The Hall–Kier alpha value is -0.520. The number of hydrogen-bond donors (Lipinski definition) is 1. The van der Waals surface area contributed by atoms with Crippen molar-refractivity contribution < 1.29 is 4.79 Å². The average molecular weight is 296 g/mol. The van der Waals surface area contributed by atoms with Crippen LogP contribution in [0.4, 0.5) is 0 Å². The van der Waals surface area contributed by atoms with Crippen molar-refractivity contribution in [2.24, 2.45) is 11.7 Å². The number of likely N-dealkylation sites (tertiary alicyclic amines) is 1. The van der Waals surface area contributed by atoms with Crippen LogP contribution in [0.3, 0.4) is 0 Å². The number of fused-ring (bicyclic) bond motifs is 1. The van der Waals surface area contributed by atoms with E-state index in [2.05, 4.69) is 6.07 Å². The first kappa shape index (κ1) is 13.5. The zero-order valence-corrected chi connectivity index (χ0v) is 12.7. The molecule has 1 unspecified atom stereocenters. The molecule has 3 rings (SSSR count). The van der Waals surface area contributed by atoms with Crippen LogP contribution in [-0.4, -0.2) is 36.2 Å². The van der Waals surface area contributed by atoms with Crippen molar-refractivity contribution in [1.29, 1.82) is 0 Å². The van der Waals surface area contributed by atoms with Gasteiger partial charge in [-0.05, 0) is 49.1 Å². The van der Waals surface area contributed by atoms with Crippen LogP contribution >= 0.6 is 23.1 Å². The predicted molar refractivity (Wildman–Crippen MR) is 81.9 cm³/mol. The number of carbonyl (C=O) groups excluding carboxylic acids is 1. The van der Waals surface area contributed by atoms with Crippen molar-refractivity contribution in [1.82, 2.24) is 4.90 Å². The molecule has 0 aliphatic carbocycles. The fourth-order valence-corrected chi connectivity index (χ4v) is 5.19. The Kier molecular flexibility index (Phi) is 4.15. The molecule has 19 heavy (non-hydrogen) atoms. The summed E-state index contributed by atoms with van der Waals surface area (Å²) in [5.74, 6) is 2.98. The lowest BCUT2D eigenvalue weighted by Gasteiger charge is -2.31. The van der Waals surface area contributed by atoms with Gasteiger partial charge in [0.15, 0.2) is 0 Å². The van der Waals surface area contributed by atoms with Gasteiger partial charge in [-0.3, -0.25) is 4.79 Å². The highest BCUT2D eigenvalue weighted by atomic mass is 32.2. The molecule has 5 heteroatoms. The number of hydrogen-bond acceptors (Lipinski definition) is 4. The molecule has 3 heterocycles. The number of rotatable bonds is 2. The van der Waals surface area contributed by atoms with Crippen LogP contribution in [0.15, 0.2) is 6.07 Å². The van der Waals surface area contributed by atoms with E-state index in [0.717, 1.165) is 43.0 Å². The summed E-state index contributed by atoms with van der Waals surface area (Å²) < 4.78 is 0. The Morgan fingerprint density at radius 3 is 3.21 bits per heavy atom. The first-order chi connectivity index (χ1) is 9.28. The zero-order valence-electron chi connectivity index (χ0n) is 11.1. The van der Waals surface area contributed by atoms with Crippen LogP contribution in [0, 0.1) is 5.92 Å². The largest absolute Gasteiger partial charge is 0.338 e. The standard InChI is InChI=1S/C14H20N2OS2/c15-7-10-2-1-4-16(8-10)14(17)13-6-11-9-18-5-3-12(11)19-13/h6,10H,1-5,7-9,15H2. The molecule has 1 fully saturated rings. The number of nitrogens with two attached hydrogens (primary N) is 1. The fraction of sp³-hybridized carbons (Fsp3) is 0.643. The van der Waals surface area contributed by atoms with Gasteiger partial charge in [-0.25, -0.2) is 0 Å². The van der Waals surface area contributed by atoms with Gasteiger partial charge in [0, 0.05) is 23.7 Å². The maximum atomic E-state index is 12.6. The second kappa shape index (κ2) is 5.85. The van der Waals surface area contributed by atoms with E-state index in [1.165, 1.54) is 16.2 Å². The van der Waals surface area contributed by atoms with E-state index in [0.29, 0.717) is 12.5 Å². The number of piperidine rings is 1. The monoisotopic (exact) mass is 296 g/mol. The predicted octanol–water partition coefficient (Wildman–Crippen LogP) is 2.35. The third-order valence-corrected chi connectivity index (χ3v) is 6.21. The Morgan fingerprint density at radius 1 is 1.53 bits per heavy atom. The Labute approximate surface area is 122 Å². The van der Waals surface area contributed by atoms with E-state index in [-0.39, 0.29) is 5.91 Å². The second-order valence-corrected chi connectivity index (χ2v) is 7.60. The van der Waals surface area contributed by atoms with Crippen molar-refractivity contribution in [3.8, 4) is 0 Å². The number of thioether (sulfide) groups is 1. The molecule has 0 aromatic carbocycles. The lowest BCUT2D eigenvalue weighted by Crippen LogP contribution is -2.41. The molecule has 1 aromatic heterocycles. The van der Waals surface area contributed by atoms with E-state index in [4.69, 9.17) is 5.73 Å². The molecule has 0 radical (unpaired) electrons. The van der Waals surface area contributed by atoms with Crippen molar-refractivity contribution in [3.05, 3.63) is 21.4 Å². The molecule has 0 spiro atoms. The molecule has 1 atom stereocenters. The molecule has 2 aliphatic rings. The van der Waals surface area contributed by atoms with E-state index < -0.39 is 0 Å². The minimum Gasteiger partial charge on any atom is -0.338 e. The van der Waals surface area contributed by atoms with Gasteiger partial charge in [-0.1, -0.05) is 0 Å². The summed E-state index contributed by atoms with van der Waals surface area (Å²) in [6.45, 7) is 2.43. The molecule has 1 amide bonds. The SMILES string of the molecule is NCC1CCCN(C(=O)c2cc3c(s2)CCSC3)C1. The van der Waals surface area contributed by atoms with Crippen molar-refractivity contribution >= 4 is 29.0 Å². The van der Waals surface area contributed by atoms with Crippen molar-refractivity contribution in [3.63, 3.8) is 0 Å². The molecule has 2 N–H and O–H groups in total. The number of nitrogens with zero attached hydrogens (tertiary/aromatic N) is 1. The lowest BCUT2D eigenvalue weighted by molar-refractivity contribution is 0.0683. The van der Waals surface area contributed by atoms with E-state index in [9.17, 15) is 4.79 Å². The van der Waals surface area contributed by atoms with Gasteiger partial charge in [0.2, 0.25) is 0 Å². The van der Waals surface area contributed by atoms with Gasteiger partial charge < -0.3 is 10.6 Å². The summed E-state index contributed by atoms with van der Waals surface area (Å²) in [5.41, 5.74) is 7.13. The van der Waals surface area contributed by atoms with Crippen molar-refractivity contribution in [2.75, 3.05) is 25.4 Å². The van der Waals surface area contributed by atoms with E-state index >= 15 is 0 Å². The van der Waals surface area contributed by atoms with Gasteiger partial charge in [-0.15, -0.1) is 11.3 Å². The summed E-state index contributed by atoms with van der Waals surface area (Å²) in [7, 11) is 0. The van der Waals surface area contributed by atoms with Crippen LogP contribution in [0.2, 0.25) is 0 Å². The summed E-state index contributed by atoms with van der Waals surface area (Å²) in [5, 5.41) is 0. The van der Waals surface area contributed by atoms with Gasteiger partial charge in [0.05, 0.1) is 4.88 Å². The molecule has 0 bridgehead atoms. The lowest BCUT2D eigenvalue weighted by atomic mass is 9.98. The Bertz CT molecular complexity index is 449. The van der Waals surface area contributed by atoms with Gasteiger partial charge in [0.1, 0.15) is 0 Å². The molecule has 0 saturated carbocycles. The number of aryl methyl sites for hydroxylation is 1. The van der Waals surface area contributed by atoms with Gasteiger partial charge in [-0.2, -0.15) is 11.8 Å². The van der Waals surface area contributed by atoms with Crippen LogP contribution < -0.4 is 5.73 Å². The minimum absolute atomic E-state index is 0.225. The maximum Gasteiger partial charge on any atom is 0.263 e. The van der Waals surface area contributed by atoms with Crippen molar-refractivity contribution in [2.45, 2.75) is 25.0 Å². The van der Waals surface area contributed by atoms with Crippen LogP contribution in [0.5, 0.6) is 0 Å². The summed E-state index contributed by atoms with van der Waals surface area (Å²) in [6, 6.07) is 2.13. The first-order valence-electron chi connectivity index (χ1n) is 6.96. The van der Waals surface area contributed by atoms with Gasteiger partial charge >= 0.3 is 0 Å². The molecule has 3 nitrogen and oxygen atoms in total. The molecule has 1 aromatic rings. The molecular formula is C14H20N2OS2. The number of amides is 1. The molecular weight excluding hydrogens is 276 g/mol. The highest BCUT2D eigenvalue weighted by Gasteiger charge is 2.26. The van der Waals surface area contributed by atoms with Crippen LogP contribution in [0.1, 0.15) is 33.0 Å². The molecule has 104 valence electrons. The Balaban J connectivity index is 1.74. The summed E-state index contributed by atoms with van der Waals surface area (Å²) in [4.78, 5) is 16.9. The molecule has 1 saturated heterocycles. The third-order valence-electron chi connectivity index (χ3n) is 3.98. The fourth-order valence-electron chi connectivity index (χ4n) is 2.85. The smallest absolute Gasteiger partial charge is 0.263 e. The average Bonchev–Trinajstić information content (AvgIpc) is 2.90. The van der Waals surface area contributed by atoms with Gasteiger partial charge in [0.25, 0.3) is 5.91 Å². The zero-order chi connectivity index (χ0) is 13.2. The van der Waals surface area contributed by atoms with Crippen LogP contribution in [-0.2, 0) is 12.2 Å². The highest BCUT2D eigenvalue weighted by molar-refractivity contribution is 7.98. The normalized spacial score (nSPS) is 23.2. The quantitative estimate of drug-likeness (QED) is 0.911. The number of carbonyl (C=O) groups is 1. The van der Waals surface area contributed by atoms with E-state index in [1.54, 1.807) is 11.3 Å². The topological polar surface area (TPSA) is 46.3 Å². The Morgan fingerprint density at radius 2 is 2.42 bits per heavy atom. The highest BCUT2D eigenvalue weighted by Crippen LogP contribution is 2.32. The summed E-state index contributed by atoms with van der Waals surface area (Å²) >= 11 is 3.68. The first-order valence-corrected chi connectivity index (χ1v) is 8.93. The minimum atomic E-state index is 0.225. The van der Waals surface area contributed by atoms with E-state index in [1.807, 2.05) is 16.7 Å². The van der Waals surface area contributed by atoms with Crippen LogP contribution in [0.25, 0.3) is 0 Å².